The summed E-state index contributed by atoms with van der Waals surface area (Å²) in [5.41, 5.74) is 1.02. The van der Waals surface area contributed by atoms with Crippen molar-refractivity contribution in [3.05, 3.63) is 24.0 Å². The number of rotatable bonds is 2. The Morgan fingerprint density at radius 1 is 1.54 bits per heavy atom. The first-order valence-electron chi connectivity index (χ1n) is 4.31. The Morgan fingerprint density at radius 3 is 2.77 bits per heavy atom. The molecule has 0 aromatic carbocycles. The van der Waals surface area contributed by atoms with Gasteiger partial charge in [-0.15, -0.1) is 23.5 Å². The van der Waals surface area contributed by atoms with Crippen LogP contribution in [0.1, 0.15) is 11.8 Å². The number of thioether (sulfide) groups is 2. The fourth-order valence-corrected chi connectivity index (χ4v) is 4.32. The molecule has 0 radical (unpaired) electrons. The number of aliphatic hydroxyl groups is 1. The van der Waals surface area contributed by atoms with Gasteiger partial charge in [0.1, 0.15) is 6.10 Å². The van der Waals surface area contributed by atoms with Crippen LogP contribution in [0.15, 0.2) is 18.3 Å². The van der Waals surface area contributed by atoms with Gasteiger partial charge in [0.05, 0.1) is 4.58 Å². The lowest BCUT2D eigenvalue weighted by atomic mass is 10.3. The third-order valence-electron chi connectivity index (χ3n) is 2.19. The molecule has 72 valence electrons. The molecule has 2 nitrogen and oxygen atoms in total. The highest BCUT2D eigenvalue weighted by Crippen LogP contribution is 2.40. The summed E-state index contributed by atoms with van der Waals surface area (Å²) in [5, 5.41) is 10.0. The van der Waals surface area contributed by atoms with Gasteiger partial charge in [-0.05, 0) is 12.1 Å². The molecular formula is C9H13NOS2. The van der Waals surface area contributed by atoms with Crippen molar-refractivity contribution in [2.45, 2.75) is 10.7 Å². The van der Waals surface area contributed by atoms with Crippen molar-refractivity contribution in [3.63, 3.8) is 0 Å². The zero-order valence-corrected chi connectivity index (χ0v) is 9.14. The van der Waals surface area contributed by atoms with Gasteiger partial charge in [0.25, 0.3) is 0 Å². The zero-order chi connectivity index (χ0) is 9.26. The van der Waals surface area contributed by atoms with Crippen LogP contribution in [0.3, 0.4) is 0 Å². The minimum absolute atomic E-state index is 0.322. The van der Waals surface area contributed by atoms with E-state index in [1.54, 1.807) is 0 Å². The van der Waals surface area contributed by atoms with Gasteiger partial charge in [-0.3, -0.25) is 0 Å². The van der Waals surface area contributed by atoms with Crippen molar-refractivity contribution >= 4 is 23.5 Å². The van der Waals surface area contributed by atoms with Gasteiger partial charge >= 0.3 is 0 Å². The van der Waals surface area contributed by atoms with E-state index in [-0.39, 0.29) is 6.10 Å². The maximum absolute atomic E-state index is 10.0. The maximum atomic E-state index is 10.0. The molecule has 2 rings (SSSR count). The predicted octanol–water partition coefficient (Wildman–Crippen LogP) is 1.86. The molecule has 0 saturated carbocycles. The van der Waals surface area contributed by atoms with Gasteiger partial charge in [-0.2, -0.15) is 0 Å². The van der Waals surface area contributed by atoms with Crippen molar-refractivity contribution in [1.29, 1.82) is 0 Å². The quantitative estimate of drug-likeness (QED) is 0.815. The monoisotopic (exact) mass is 215 g/mol. The highest BCUT2D eigenvalue weighted by molar-refractivity contribution is 8.20. The van der Waals surface area contributed by atoms with Gasteiger partial charge in [-0.1, -0.05) is 0 Å². The lowest BCUT2D eigenvalue weighted by molar-refractivity contribution is 0.188. The zero-order valence-electron chi connectivity index (χ0n) is 7.51. The molecule has 1 unspecified atom stereocenters. The van der Waals surface area contributed by atoms with Crippen molar-refractivity contribution in [2.75, 3.05) is 11.5 Å². The lowest BCUT2D eigenvalue weighted by Gasteiger charge is -2.17. The summed E-state index contributed by atoms with van der Waals surface area (Å²) >= 11 is 3.71. The van der Waals surface area contributed by atoms with E-state index in [2.05, 4.69) is 0 Å². The third kappa shape index (κ3) is 1.90. The highest BCUT2D eigenvalue weighted by Gasteiger charge is 2.26. The Hall–Kier alpha value is -0.0600. The van der Waals surface area contributed by atoms with E-state index < -0.39 is 0 Å². The van der Waals surface area contributed by atoms with E-state index in [9.17, 15) is 5.11 Å². The van der Waals surface area contributed by atoms with Crippen LogP contribution in [0.4, 0.5) is 0 Å². The van der Waals surface area contributed by atoms with Crippen LogP contribution >= 0.6 is 23.5 Å². The fraction of sp³-hybridized carbons (Fsp3) is 0.556. The van der Waals surface area contributed by atoms with Crippen LogP contribution in [-0.2, 0) is 7.05 Å². The van der Waals surface area contributed by atoms with Gasteiger partial charge in [0, 0.05) is 30.4 Å². The van der Waals surface area contributed by atoms with Crippen LogP contribution < -0.4 is 0 Å². The normalized spacial score (nSPS) is 20.8. The average Bonchev–Trinajstić information content (AvgIpc) is 2.72. The smallest absolute Gasteiger partial charge is 0.115 e. The molecule has 0 bridgehead atoms. The average molecular weight is 215 g/mol. The summed E-state index contributed by atoms with van der Waals surface area (Å²) in [6.07, 6.45) is 1.65. The molecule has 1 N–H and O–H groups in total. The Kier molecular flexibility index (Phi) is 2.91. The second-order valence-electron chi connectivity index (χ2n) is 3.10. The topological polar surface area (TPSA) is 25.2 Å². The molecule has 0 spiro atoms. The van der Waals surface area contributed by atoms with Crippen LogP contribution in [0.2, 0.25) is 0 Å². The molecular weight excluding hydrogens is 202 g/mol. The fourth-order valence-electron chi connectivity index (χ4n) is 1.48. The van der Waals surface area contributed by atoms with E-state index >= 15 is 0 Å². The van der Waals surface area contributed by atoms with Crippen molar-refractivity contribution in [1.82, 2.24) is 4.57 Å². The van der Waals surface area contributed by atoms with Gasteiger partial charge in [-0.25, -0.2) is 0 Å². The summed E-state index contributed by atoms with van der Waals surface area (Å²) in [7, 11) is 1.98. The molecule has 13 heavy (non-hydrogen) atoms. The van der Waals surface area contributed by atoms with Gasteiger partial charge in [0.15, 0.2) is 0 Å². The summed E-state index contributed by atoms with van der Waals surface area (Å²) in [6, 6.07) is 3.97. The molecule has 2 heterocycles. The minimum Gasteiger partial charge on any atom is -0.385 e. The SMILES string of the molecule is Cn1cccc1C(O)C1SCCS1. The summed E-state index contributed by atoms with van der Waals surface area (Å²) in [5.74, 6) is 2.33. The number of aromatic nitrogens is 1. The molecule has 1 aromatic heterocycles. The number of hydrogen-bond acceptors (Lipinski definition) is 3. The third-order valence-corrected chi connectivity index (χ3v) is 5.32. The molecule has 1 aliphatic rings. The number of hydrogen-bond donors (Lipinski definition) is 1. The van der Waals surface area contributed by atoms with E-state index in [0.717, 1.165) is 17.2 Å². The van der Waals surface area contributed by atoms with Gasteiger partial charge < -0.3 is 9.67 Å². The van der Waals surface area contributed by atoms with Gasteiger partial charge in [0.2, 0.25) is 0 Å². The Bertz CT molecular complexity index is 281. The molecule has 1 aliphatic heterocycles. The second-order valence-corrected chi connectivity index (χ2v) is 5.90. The van der Waals surface area contributed by atoms with E-state index in [0.29, 0.717) is 4.58 Å². The number of aliphatic hydroxyl groups excluding tert-OH is 1. The van der Waals surface area contributed by atoms with Crippen LogP contribution in [0.25, 0.3) is 0 Å². The second kappa shape index (κ2) is 3.98. The summed E-state index contributed by atoms with van der Waals surface area (Å²) < 4.78 is 2.32. The first kappa shape index (κ1) is 9.49. The first-order chi connectivity index (χ1) is 6.29. The van der Waals surface area contributed by atoms with E-state index in [1.807, 2.05) is 53.5 Å². The molecule has 1 saturated heterocycles. The van der Waals surface area contributed by atoms with Crippen molar-refractivity contribution in [2.24, 2.45) is 7.05 Å². The minimum atomic E-state index is -0.322. The first-order valence-corrected chi connectivity index (χ1v) is 6.41. The Balaban J connectivity index is 2.12. The molecule has 1 atom stereocenters. The molecule has 0 aliphatic carbocycles. The summed E-state index contributed by atoms with van der Waals surface area (Å²) in [6.45, 7) is 0. The maximum Gasteiger partial charge on any atom is 0.115 e. The largest absolute Gasteiger partial charge is 0.385 e. The lowest BCUT2D eigenvalue weighted by Crippen LogP contribution is -2.12. The Labute approximate surface area is 86.7 Å². The van der Waals surface area contributed by atoms with Crippen LogP contribution in [0, 0.1) is 0 Å². The predicted molar refractivity (Wildman–Crippen MR) is 59.1 cm³/mol. The van der Waals surface area contributed by atoms with Crippen molar-refractivity contribution < 1.29 is 5.11 Å². The van der Waals surface area contributed by atoms with E-state index in [4.69, 9.17) is 0 Å². The summed E-state index contributed by atoms with van der Waals surface area (Å²) in [4.78, 5) is 0. The molecule has 4 heteroatoms. The molecule has 0 amide bonds. The Morgan fingerprint density at radius 2 is 2.23 bits per heavy atom. The molecule has 1 aromatic rings. The van der Waals surface area contributed by atoms with Crippen molar-refractivity contribution in [3.8, 4) is 0 Å². The standard InChI is InChI=1S/C9H13NOS2/c1-10-4-2-3-7(10)8(11)9-12-5-6-13-9/h2-4,8-9,11H,5-6H2,1H3. The van der Waals surface area contributed by atoms with Crippen LogP contribution in [0.5, 0.6) is 0 Å². The van der Waals surface area contributed by atoms with Crippen LogP contribution in [-0.4, -0.2) is 25.8 Å². The molecule has 1 fully saturated rings. The van der Waals surface area contributed by atoms with E-state index in [1.165, 1.54) is 0 Å². The highest BCUT2D eigenvalue weighted by atomic mass is 32.2. The number of aryl methyl sites for hydroxylation is 1. The number of nitrogens with zero attached hydrogens (tertiary/aromatic N) is 1.